The quantitative estimate of drug-likeness (QED) is 0.840. The number of furan rings is 1. The molecule has 1 aromatic heterocycles. The van der Waals surface area contributed by atoms with Gasteiger partial charge in [0.2, 0.25) is 11.7 Å². The second-order valence-electron chi connectivity index (χ2n) is 4.73. The zero-order valence-electron chi connectivity index (χ0n) is 10.9. The number of primary amides is 1. The van der Waals surface area contributed by atoms with E-state index in [-0.39, 0.29) is 18.3 Å². The van der Waals surface area contributed by atoms with Crippen LogP contribution in [0.1, 0.15) is 24.4 Å². The number of rotatable bonds is 5. The van der Waals surface area contributed by atoms with Crippen molar-refractivity contribution in [2.24, 2.45) is 5.73 Å². The van der Waals surface area contributed by atoms with Crippen LogP contribution in [0.4, 0.5) is 0 Å². The van der Waals surface area contributed by atoms with Crippen LogP contribution in [0.25, 0.3) is 0 Å². The highest BCUT2D eigenvalue weighted by molar-refractivity contribution is 5.85. The number of carbonyl (C=O) groups excluding carboxylic acids is 1. The minimum absolute atomic E-state index is 0.269. The molecule has 0 saturated carbocycles. The van der Waals surface area contributed by atoms with Gasteiger partial charge in [-0.15, -0.1) is 0 Å². The van der Waals surface area contributed by atoms with E-state index < -0.39 is 5.54 Å². The van der Waals surface area contributed by atoms with Crippen molar-refractivity contribution in [3.63, 3.8) is 0 Å². The lowest BCUT2D eigenvalue weighted by atomic mass is 9.96. The van der Waals surface area contributed by atoms with Gasteiger partial charge in [-0.2, -0.15) is 5.26 Å². The molecule has 2 rings (SSSR count). The molecule has 2 N–H and O–H groups in total. The molecule has 1 aliphatic rings. The number of likely N-dealkylation sites (tertiary alicyclic amines) is 1. The van der Waals surface area contributed by atoms with Gasteiger partial charge in [-0.05, 0) is 31.5 Å². The number of nitrogens with zero attached hydrogens (tertiary/aromatic N) is 2. The van der Waals surface area contributed by atoms with Crippen LogP contribution in [-0.2, 0) is 16.1 Å². The first-order valence-corrected chi connectivity index (χ1v) is 6.15. The van der Waals surface area contributed by atoms with Gasteiger partial charge in [0, 0.05) is 7.11 Å². The molecule has 1 atom stereocenters. The van der Waals surface area contributed by atoms with Gasteiger partial charge < -0.3 is 14.9 Å². The third-order valence-corrected chi connectivity index (χ3v) is 3.58. The number of hydrogen-bond acceptors (Lipinski definition) is 5. The van der Waals surface area contributed by atoms with E-state index in [0.717, 1.165) is 13.0 Å². The van der Waals surface area contributed by atoms with Crippen LogP contribution in [0.2, 0.25) is 0 Å². The van der Waals surface area contributed by atoms with Crippen molar-refractivity contribution in [3.05, 3.63) is 23.7 Å². The average Bonchev–Trinajstić information content (AvgIpc) is 2.98. The van der Waals surface area contributed by atoms with E-state index in [2.05, 4.69) is 0 Å². The van der Waals surface area contributed by atoms with Crippen molar-refractivity contribution < 1.29 is 13.9 Å². The summed E-state index contributed by atoms with van der Waals surface area (Å²) in [6.07, 6.45) is 1.57. The van der Waals surface area contributed by atoms with Gasteiger partial charge in [0.05, 0.1) is 13.2 Å². The second-order valence-corrected chi connectivity index (χ2v) is 4.73. The molecule has 0 bridgehead atoms. The summed E-state index contributed by atoms with van der Waals surface area (Å²) in [7, 11) is 1.56. The molecule has 1 unspecified atom stereocenters. The summed E-state index contributed by atoms with van der Waals surface area (Å²) in [6, 6.07) is 5.30. The zero-order valence-corrected chi connectivity index (χ0v) is 10.9. The van der Waals surface area contributed by atoms with E-state index in [1.54, 1.807) is 19.2 Å². The molecule has 0 aliphatic carbocycles. The molecule has 1 aliphatic heterocycles. The molecule has 0 aromatic carbocycles. The maximum Gasteiger partial charge on any atom is 0.240 e. The highest BCUT2D eigenvalue weighted by Gasteiger charge is 2.46. The highest BCUT2D eigenvalue weighted by Crippen LogP contribution is 2.31. The lowest BCUT2D eigenvalue weighted by Gasteiger charge is -2.34. The Hall–Kier alpha value is -1.84. The Labute approximate surface area is 111 Å². The summed E-state index contributed by atoms with van der Waals surface area (Å²) in [5.74, 6) is 0.546. The van der Waals surface area contributed by atoms with E-state index >= 15 is 0 Å². The van der Waals surface area contributed by atoms with Crippen molar-refractivity contribution >= 4 is 5.91 Å². The first kappa shape index (κ1) is 13.6. The minimum Gasteiger partial charge on any atom is -0.449 e. The van der Waals surface area contributed by atoms with E-state index in [0.29, 0.717) is 18.7 Å². The maximum absolute atomic E-state index is 11.8. The Morgan fingerprint density at radius 3 is 3.05 bits per heavy atom. The van der Waals surface area contributed by atoms with Gasteiger partial charge in [0.1, 0.15) is 17.4 Å². The number of ether oxygens (including phenoxy) is 1. The van der Waals surface area contributed by atoms with Crippen LogP contribution in [-0.4, -0.2) is 36.6 Å². The topological polar surface area (TPSA) is 92.5 Å². The SMILES string of the molecule is COCC1(C(N)=O)CCCN1Cc1ccc(C#N)o1. The molecular weight excluding hydrogens is 246 g/mol. The first-order chi connectivity index (χ1) is 9.12. The Bertz CT molecular complexity index is 505. The Kier molecular flexibility index (Phi) is 3.88. The van der Waals surface area contributed by atoms with Gasteiger partial charge in [-0.1, -0.05) is 0 Å². The molecule has 1 fully saturated rings. The molecule has 1 amide bonds. The highest BCUT2D eigenvalue weighted by atomic mass is 16.5. The molecule has 6 nitrogen and oxygen atoms in total. The Balaban J connectivity index is 2.18. The van der Waals surface area contributed by atoms with Crippen LogP contribution < -0.4 is 5.73 Å². The Morgan fingerprint density at radius 1 is 1.68 bits per heavy atom. The van der Waals surface area contributed by atoms with E-state index in [9.17, 15) is 4.79 Å². The monoisotopic (exact) mass is 263 g/mol. The van der Waals surface area contributed by atoms with Crippen LogP contribution in [0.3, 0.4) is 0 Å². The van der Waals surface area contributed by atoms with Crippen molar-refractivity contribution in [2.45, 2.75) is 24.9 Å². The Morgan fingerprint density at radius 2 is 2.47 bits per heavy atom. The summed E-state index contributed by atoms with van der Waals surface area (Å²) in [4.78, 5) is 13.8. The first-order valence-electron chi connectivity index (χ1n) is 6.15. The normalized spacial score (nSPS) is 23.4. The number of hydrogen-bond donors (Lipinski definition) is 1. The van der Waals surface area contributed by atoms with Gasteiger partial charge in [0.15, 0.2) is 0 Å². The predicted molar refractivity (Wildman–Crippen MR) is 66.9 cm³/mol. The number of nitrogens with two attached hydrogens (primary N) is 1. The summed E-state index contributed by atoms with van der Waals surface area (Å²) in [5, 5.41) is 8.74. The molecule has 1 saturated heterocycles. The van der Waals surface area contributed by atoms with Gasteiger partial charge in [-0.3, -0.25) is 9.69 Å². The fraction of sp³-hybridized carbons (Fsp3) is 0.538. The smallest absolute Gasteiger partial charge is 0.240 e. The van der Waals surface area contributed by atoms with E-state index in [4.69, 9.17) is 20.1 Å². The van der Waals surface area contributed by atoms with Crippen LogP contribution >= 0.6 is 0 Å². The molecule has 1 aromatic rings. The van der Waals surface area contributed by atoms with Crippen LogP contribution in [0.5, 0.6) is 0 Å². The predicted octanol–water partition coefficient (Wildman–Crippen LogP) is 0.618. The van der Waals surface area contributed by atoms with Crippen molar-refractivity contribution in [3.8, 4) is 6.07 Å². The molecule has 102 valence electrons. The molecular formula is C13H17N3O3. The number of carbonyl (C=O) groups is 1. The minimum atomic E-state index is -0.769. The molecule has 6 heteroatoms. The van der Waals surface area contributed by atoms with E-state index in [1.807, 2.05) is 11.0 Å². The van der Waals surface area contributed by atoms with Crippen molar-refractivity contribution in [2.75, 3.05) is 20.3 Å². The largest absolute Gasteiger partial charge is 0.449 e. The van der Waals surface area contributed by atoms with Crippen molar-refractivity contribution in [1.82, 2.24) is 4.90 Å². The molecule has 0 radical (unpaired) electrons. The number of nitriles is 1. The standard InChI is InChI=1S/C13H17N3O3/c1-18-9-13(12(15)17)5-2-6-16(13)8-11-4-3-10(7-14)19-11/h3-4H,2,5-6,8-9H2,1H3,(H2,15,17). The zero-order chi connectivity index (χ0) is 13.9. The van der Waals surface area contributed by atoms with Crippen LogP contribution in [0, 0.1) is 11.3 Å². The maximum atomic E-state index is 11.8. The van der Waals surface area contributed by atoms with Gasteiger partial charge >= 0.3 is 0 Å². The van der Waals surface area contributed by atoms with Gasteiger partial charge in [-0.25, -0.2) is 0 Å². The fourth-order valence-electron chi connectivity index (χ4n) is 2.63. The summed E-state index contributed by atoms with van der Waals surface area (Å²) in [5.41, 5.74) is 4.78. The third kappa shape index (κ3) is 2.48. The summed E-state index contributed by atoms with van der Waals surface area (Å²) < 4.78 is 10.5. The number of methoxy groups -OCH3 is 1. The summed E-state index contributed by atoms with van der Waals surface area (Å²) in [6.45, 7) is 1.48. The number of amides is 1. The average molecular weight is 263 g/mol. The summed E-state index contributed by atoms with van der Waals surface area (Å²) >= 11 is 0. The van der Waals surface area contributed by atoms with Crippen molar-refractivity contribution in [1.29, 1.82) is 5.26 Å². The van der Waals surface area contributed by atoms with E-state index in [1.165, 1.54) is 0 Å². The van der Waals surface area contributed by atoms with Gasteiger partial charge in [0.25, 0.3) is 0 Å². The fourth-order valence-corrected chi connectivity index (χ4v) is 2.63. The van der Waals surface area contributed by atoms with Crippen LogP contribution in [0.15, 0.2) is 16.5 Å². The molecule has 2 heterocycles. The lowest BCUT2D eigenvalue weighted by molar-refractivity contribution is -0.132. The second kappa shape index (κ2) is 5.43. The lowest BCUT2D eigenvalue weighted by Crippen LogP contribution is -2.56. The molecule has 0 spiro atoms. The third-order valence-electron chi connectivity index (χ3n) is 3.58. The molecule has 19 heavy (non-hydrogen) atoms.